The minimum Gasteiger partial charge on any atom is -0.480 e. The van der Waals surface area contributed by atoms with Crippen molar-refractivity contribution in [1.82, 2.24) is 15.6 Å². The highest BCUT2D eigenvalue weighted by molar-refractivity contribution is 7.11. The van der Waals surface area contributed by atoms with Crippen LogP contribution in [0.2, 0.25) is 0 Å². The molecule has 3 N–H and O–H groups in total. The quantitative estimate of drug-likeness (QED) is 0.721. The maximum atomic E-state index is 11.9. The molecule has 0 bridgehead atoms. The summed E-state index contributed by atoms with van der Waals surface area (Å²) in [5.41, 5.74) is 0. The molecule has 2 amide bonds. The van der Waals surface area contributed by atoms with Gasteiger partial charge in [-0.2, -0.15) is 0 Å². The fourth-order valence-electron chi connectivity index (χ4n) is 1.84. The summed E-state index contributed by atoms with van der Waals surface area (Å²) >= 11 is 1.55. The first-order valence-electron chi connectivity index (χ1n) is 7.07. The average molecular weight is 313 g/mol. The Kier molecular flexibility index (Phi) is 6.61. The normalized spacial score (nSPS) is 13.8. The number of amides is 2. The van der Waals surface area contributed by atoms with Gasteiger partial charge in [0.2, 0.25) is 0 Å². The zero-order valence-corrected chi connectivity index (χ0v) is 13.7. The van der Waals surface area contributed by atoms with Crippen LogP contribution in [0.4, 0.5) is 4.79 Å². The molecule has 0 radical (unpaired) electrons. The summed E-state index contributed by atoms with van der Waals surface area (Å²) in [7, 11) is 0. The molecule has 2 atom stereocenters. The zero-order chi connectivity index (χ0) is 16.0. The van der Waals surface area contributed by atoms with Crippen LogP contribution in [-0.2, 0) is 11.2 Å². The van der Waals surface area contributed by atoms with E-state index in [9.17, 15) is 9.59 Å². The predicted molar refractivity (Wildman–Crippen MR) is 82.5 cm³/mol. The van der Waals surface area contributed by atoms with Crippen LogP contribution in [0.15, 0.2) is 6.20 Å². The molecule has 1 heterocycles. The number of carbonyl (C=O) groups is 2. The highest BCUT2D eigenvalue weighted by Crippen LogP contribution is 2.20. The number of nitrogens with one attached hydrogen (secondary N) is 2. The number of carboxylic acids is 1. The van der Waals surface area contributed by atoms with Gasteiger partial charge >= 0.3 is 12.0 Å². The van der Waals surface area contributed by atoms with E-state index < -0.39 is 18.0 Å². The van der Waals surface area contributed by atoms with Crippen LogP contribution >= 0.6 is 11.3 Å². The second-order valence-corrected chi connectivity index (χ2v) is 6.53. The van der Waals surface area contributed by atoms with Crippen LogP contribution in [-0.4, -0.2) is 28.1 Å². The van der Waals surface area contributed by atoms with E-state index in [0.29, 0.717) is 6.42 Å². The van der Waals surface area contributed by atoms with Crippen LogP contribution in [0.3, 0.4) is 0 Å². The molecule has 0 aliphatic heterocycles. The number of carboxylic acid groups (broad SMARTS) is 1. The maximum Gasteiger partial charge on any atom is 0.326 e. The monoisotopic (exact) mass is 313 g/mol. The zero-order valence-electron chi connectivity index (χ0n) is 12.8. The molecule has 1 aromatic rings. The molecule has 118 valence electrons. The topological polar surface area (TPSA) is 91.3 Å². The second-order valence-electron chi connectivity index (χ2n) is 5.38. The van der Waals surface area contributed by atoms with Crippen LogP contribution in [0.25, 0.3) is 0 Å². The van der Waals surface area contributed by atoms with E-state index in [1.165, 1.54) is 0 Å². The van der Waals surface area contributed by atoms with Crippen LogP contribution < -0.4 is 10.6 Å². The van der Waals surface area contributed by atoms with Crippen LogP contribution in [0.1, 0.15) is 50.0 Å². The van der Waals surface area contributed by atoms with Crippen molar-refractivity contribution >= 4 is 23.3 Å². The Morgan fingerprint density at radius 3 is 2.48 bits per heavy atom. The van der Waals surface area contributed by atoms with Gasteiger partial charge in [0.25, 0.3) is 0 Å². The molecular formula is C14H23N3O3S. The van der Waals surface area contributed by atoms with E-state index in [0.717, 1.165) is 16.3 Å². The number of thiazole rings is 1. The fraction of sp³-hybridized carbons (Fsp3) is 0.643. The van der Waals surface area contributed by atoms with Gasteiger partial charge in [-0.3, -0.25) is 0 Å². The third kappa shape index (κ3) is 5.71. The first-order chi connectivity index (χ1) is 9.83. The summed E-state index contributed by atoms with van der Waals surface area (Å²) in [5.74, 6) is -0.830. The molecule has 1 unspecified atom stereocenters. The van der Waals surface area contributed by atoms with Gasteiger partial charge in [-0.1, -0.05) is 20.8 Å². The van der Waals surface area contributed by atoms with Gasteiger partial charge in [-0.15, -0.1) is 11.3 Å². The summed E-state index contributed by atoms with van der Waals surface area (Å²) < 4.78 is 0. The lowest BCUT2D eigenvalue weighted by atomic mass is 10.0. The number of aryl methyl sites for hydroxylation is 1. The minimum absolute atomic E-state index is 0.190. The van der Waals surface area contributed by atoms with Gasteiger partial charge in [-0.25, -0.2) is 14.6 Å². The van der Waals surface area contributed by atoms with Gasteiger partial charge in [0.1, 0.15) is 11.0 Å². The predicted octanol–water partition coefficient (Wildman–Crippen LogP) is 2.57. The summed E-state index contributed by atoms with van der Waals surface area (Å²) in [4.78, 5) is 28.4. The lowest BCUT2D eigenvalue weighted by molar-refractivity contribution is -0.139. The van der Waals surface area contributed by atoms with E-state index in [4.69, 9.17) is 5.11 Å². The number of hydrogen-bond donors (Lipinski definition) is 3. The van der Waals surface area contributed by atoms with Crippen molar-refractivity contribution in [3.8, 4) is 0 Å². The number of urea groups is 1. The van der Waals surface area contributed by atoms with Crippen molar-refractivity contribution in [3.05, 3.63) is 16.1 Å². The molecule has 0 saturated heterocycles. The number of hydrogen-bond acceptors (Lipinski definition) is 4. The van der Waals surface area contributed by atoms with Gasteiger partial charge in [0.05, 0.1) is 6.04 Å². The second kappa shape index (κ2) is 7.97. The summed E-state index contributed by atoms with van der Waals surface area (Å²) in [5, 5.41) is 15.1. The largest absolute Gasteiger partial charge is 0.480 e. The van der Waals surface area contributed by atoms with Crippen LogP contribution in [0, 0.1) is 5.92 Å². The highest BCUT2D eigenvalue weighted by Gasteiger charge is 2.22. The standard InChI is InChI=1S/C14H23N3O3S/c1-5-10-7-15-12(21-10)9(4)16-14(20)17-11(13(18)19)6-8(2)3/h7-9,11H,5-6H2,1-4H3,(H,18,19)(H2,16,17,20)/t9?,11-/m0/s1. The van der Waals surface area contributed by atoms with Crippen molar-refractivity contribution < 1.29 is 14.7 Å². The average Bonchev–Trinajstić information content (AvgIpc) is 2.85. The van der Waals surface area contributed by atoms with Gasteiger partial charge < -0.3 is 15.7 Å². The molecular weight excluding hydrogens is 290 g/mol. The van der Waals surface area contributed by atoms with Crippen LogP contribution in [0.5, 0.6) is 0 Å². The van der Waals surface area contributed by atoms with E-state index >= 15 is 0 Å². The Morgan fingerprint density at radius 1 is 1.33 bits per heavy atom. The molecule has 0 aliphatic rings. The van der Waals surface area contributed by atoms with Crippen molar-refractivity contribution in [2.75, 3.05) is 0 Å². The molecule has 1 aromatic heterocycles. The third-order valence-corrected chi connectivity index (χ3v) is 4.27. The number of carbonyl (C=O) groups excluding carboxylic acids is 1. The van der Waals surface area contributed by atoms with Crippen molar-refractivity contribution in [1.29, 1.82) is 0 Å². The van der Waals surface area contributed by atoms with Gasteiger partial charge in [0, 0.05) is 11.1 Å². The van der Waals surface area contributed by atoms with E-state index in [1.54, 1.807) is 17.5 Å². The Hall–Kier alpha value is -1.63. The van der Waals surface area contributed by atoms with Crippen molar-refractivity contribution in [2.24, 2.45) is 5.92 Å². The number of nitrogens with zero attached hydrogens (tertiary/aromatic N) is 1. The molecule has 0 saturated carbocycles. The number of rotatable bonds is 7. The Bertz CT molecular complexity index is 488. The molecule has 0 aromatic carbocycles. The Morgan fingerprint density at radius 2 is 2.00 bits per heavy atom. The lowest BCUT2D eigenvalue weighted by Gasteiger charge is -2.18. The molecule has 21 heavy (non-hydrogen) atoms. The third-order valence-electron chi connectivity index (χ3n) is 2.95. The van der Waals surface area contributed by atoms with Crippen molar-refractivity contribution in [3.63, 3.8) is 0 Å². The molecule has 1 rings (SSSR count). The van der Waals surface area contributed by atoms with E-state index in [2.05, 4.69) is 15.6 Å². The minimum atomic E-state index is -1.02. The Labute approximate surface area is 129 Å². The summed E-state index contributed by atoms with van der Waals surface area (Å²) in [6.07, 6.45) is 3.11. The maximum absolute atomic E-state index is 11.9. The molecule has 7 heteroatoms. The first-order valence-corrected chi connectivity index (χ1v) is 7.89. The Balaban J connectivity index is 2.56. The molecule has 0 fully saturated rings. The van der Waals surface area contributed by atoms with Crippen molar-refractivity contribution in [2.45, 2.75) is 52.6 Å². The van der Waals surface area contributed by atoms with E-state index in [-0.39, 0.29) is 12.0 Å². The number of aromatic nitrogens is 1. The molecule has 6 nitrogen and oxygen atoms in total. The smallest absolute Gasteiger partial charge is 0.326 e. The fourth-order valence-corrected chi connectivity index (χ4v) is 2.70. The number of aliphatic carboxylic acids is 1. The molecule has 0 aliphatic carbocycles. The highest BCUT2D eigenvalue weighted by atomic mass is 32.1. The summed E-state index contributed by atoms with van der Waals surface area (Å²) in [6.45, 7) is 7.71. The summed E-state index contributed by atoms with van der Waals surface area (Å²) in [6, 6.07) is -1.60. The van der Waals surface area contributed by atoms with E-state index in [1.807, 2.05) is 27.7 Å². The first kappa shape index (κ1) is 17.4. The van der Waals surface area contributed by atoms with Gasteiger partial charge in [-0.05, 0) is 25.7 Å². The lowest BCUT2D eigenvalue weighted by Crippen LogP contribution is -2.47. The van der Waals surface area contributed by atoms with Gasteiger partial charge in [0.15, 0.2) is 0 Å². The molecule has 0 spiro atoms. The SMILES string of the molecule is CCc1cnc(C(C)NC(=O)N[C@@H](CC(C)C)C(=O)O)s1.